The van der Waals surface area contributed by atoms with Crippen LogP contribution in [0.4, 0.5) is 5.69 Å². The minimum Gasteiger partial charge on any atom is -0.494 e. The molecule has 42 heavy (non-hydrogen) atoms. The maximum absolute atomic E-state index is 13.6. The summed E-state index contributed by atoms with van der Waals surface area (Å²) in [6.07, 6.45) is 1.35. The van der Waals surface area contributed by atoms with Crippen LogP contribution < -0.4 is 15.0 Å². The number of nitrogens with zero attached hydrogens (tertiary/aromatic N) is 4. The smallest absolute Gasteiger partial charge is 0.254 e. The van der Waals surface area contributed by atoms with E-state index in [2.05, 4.69) is 11.4 Å². The number of likely N-dealkylation sites (tertiary alicyclic amines) is 1. The second-order valence-corrected chi connectivity index (χ2v) is 11.0. The van der Waals surface area contributed by atoms with Crippen molar-refractivity contribution in [2.75, 3.05) is 51.8 Å². The number of ether oxygens (including phenoxy) is 1. The van der Waals surface area contributed by atoms with E-state index in [4.69, 9.17) is 4.74 Å². The molecule has 3 amide bonds. The maximum Gasteiger partial charge on any atom is 0.254 e. The molecule has 0 saturated carbocycles. The minimum absolute atomic E-state index is 0.0973. The molecule has 216 valence electrons. The molecule has 2 aliphatic rings. The van der Waals surface area contributed by atoms with Crippen LogP contribution in [0, 0.1) is 11.3 Å². The molecule has 3 aromatic rings. The van der Waals surface area contributed by atoms with Gasteiger partial charge in [0.1, 0.15) is 5.75 Å². The molecule has 0 radical (unpaired) electrons. The average Bonchev–Trinajstić information content (AvgIpc) is 3.42. The maximum atomic E-state index is 13.6. The Labute approximate surface area is 246 Å². The highest BCUT2D eigenvalue weighted by Crippen LogP contribution is 2.31. The van der Waals surface area contributed by atoms with Crippen molar-refractivity contribution in [3.8, 4) is 11.8 Å². The molecule has 9 nitrogen and oxygen atoms in total. The third-order valence-electron chi connectivity index (χ3n) is 7.80. The number of benzene rings is 3. The summed E-state index contributed by atoms with van der Waals surface area (Å²) in [5.41, 5.74) is 3.25. The van der Waals surface area contributed by atoms with Crippen LogP contribution in [0.5, 0.6) is 5.75 Å². The van der Waals surface area contributed by atoms with E-state index >= 15 is 0 Å². The zero-order valence-electron chi connectivity index (χ0n) is 24.0. The summed E-state index contributed by atoms with van der Waals surface area (Å²) in [5, 5.41) is 12.4. The van der Waals surface area contributed by atoms with Crippen LogP contribution in [0.25, 0.3) is 0 Å². The van der Waals surface area contributed by atoms with Gasteiger partial charge in [-0.3, -0.25) is 14.4 Å². The fourth-order valence-electron chi connectivity index (χ4n) is 5.57. The SMILES string of the molecule is CN(C)c1cccc(C(=O)N2C[C@@H]3NC(=O)CN(C(=O)c4cccc(C#N)c4)CCCCOc4cccc(c4)[C@H]3C2)c1. The Bertz CT molecular complexity index is 1510. The number of hydrogen-bond donors (Lipinski definition) is 1. The van der Waals surface area contributed by atoms with E-state index in [-0.39, 0.29) is 36.2 Å². The number of amides is 3. The lowest BCUT2D eigenvalue weighted by Gasteiger charge is -2.26. The van der Waals surface area contributed by atoms with E-state index in [9.17, 15) is 19.6 Å². The van der Waals surface area contributed by atoms with E-state index in [1.54, 1.807) is 29.2 Å². The van der Waals surface area contributed by atoms with Gasteiger partial charge in [0.15, 0.2) is 0 Å². The Morgan fingerprint density at radius 3 is 2.45 bits per heavy atom. The topological polar surface area (TPSA) is 106 Å². The number of anilines is 1. The molecule has 0 aliphatic carbocycles. The first-order valence-electron chi connectivity index (χ1n) is 14.2. The Morgan fingerprint density at radius 2 is 1.67 bits per heavy atom. The van der Waals surface area contributed by atoms with Gasteiger partial charge in [0, 0.05) is 56.5 Å². The number of carbonyl (C=O) groups is 3. The molecule has 1 fully saturated rings. The summed E-state index contributed by atoms with van der Waals surface area (Å²) >= 11 is 0. The molecule has 3 aromatic carbocycles. The summed E-state index contributed by atoms with van der Waals surface area (Å²) in [6, 6.07) is 23.6. The monoisotopic (exact) mass is 565 g/mol. The quantitative estimate of drug-likeness (QED) is 0.520. The first-order valence-corrected chi connectivity index (χ1v) is 14.2. The second kappa shape index (κ2) is 12.8. The summed E-state index contributed by atoms with van der Waals surface area (Å²) in [6.45, 7) is 1.49. The van der Waals surface area contributed by atoms with E-state index in [1.165, 1.54) is 4.90 Å². The van der Waals surface area contributed by atoms with Crippen LogP contribution in [-0.4, -0.2) is 80.4 Å². The molecule has 1 saturated heterocycles. The summed E-state index contributed by atoms with van der Waals surface area (Å²) in [5.74, 6) is -0.110. The molecule has 0 spiro atoms. The summed E-state index contributed by atoms with van der Waals surface area (Å²) < 4.78 is 6.04. The lowest BCUT2D eigenvalue weighted by molar-refractivity contribution is -0.122. The number of fused-ring (bicyclic) bond motifs is 4. The lowest BCUT2D eigenvalue weighted by atomic mass is 9.94. The van der Waals surface area contributed by atoms with Gasteiger partial charge in [0.2, 0.25) is 5.91 Å². The molecule has 5 rings (SSSR count). The third-order valence-corrected chi connectivity index (χ3v) is 7.80. The van der Waals surface area contributed by atoms with Gasteiger partial charge in [0.25, 0.3) is 11.8 Å². The van der Waals surface area contributed by atoms with Crippen molar-refractivity contribution in [2.24, 2.45) is 0 Å². The lowest BCUT2D eigenvalue weighted by Crippen LogP contribution is -2.47. The largest absolute Gasteiger partial charge is 0.494 e. The molecule has 2 atom stereocenters. The van der Waals surface area contributed by atoms with Gasteiger partial charge in [0.05, 0.1) is 30.8 Å². The number of rotatable bonds is 3. The molecule has 0 aromatic heterocycles. The number of carbonyl (C=O) groups excluding carboxylic acids is 3. The van der Waals surface area contributed by atoms with Crippen molar-refractivity contribution in [3.05, 3.63) is 95.1 Å². The molecular weight excluding hydrogens is 530 g/mol. The van der Waals surface area contributed by atoms with E-state index in [1.807, 2.05) is 67.5 Å². The predicted molar refractivity (Wildman–Crippen MR) is 160 cm³/mol. The molecule has 0 unspecified atom stereocenters. The fraction of sp³-hybridized carbons (Fsp3) is 0.333. The number of hydrogen-bond acceptors (Lipinski definition) is 6. The zero-order chi connectivity index (χ0) is 29.6. The second-order valence-electron chi connectivity index (χ2n) is 11.0. The van der Waals surface area contributed by atoms with Crippen molar-refractivity contribution in [1.29, 1.82) is 5.26 Å². The summed E-state index contributed by atoms with van der Waals surface area (Å²) in [7, 11) is 3.86. The molecule has 1 N–H and O–H groups in total. The normalized spacial score (nSPS) is 19.0. The van der Waals surface area contributed by atoms with Crippen LogP contribution in [0.2, 0.25) is 0 Å². The van der Waals surface area contributed by atoms with Crippen molar-refractivity contribution < 1.29 is 19.1 Å². The first-order chi connectivity index (χ1) is 20.3. The molecule has 2 heterocycles. The number of nitriles is 1. The highest BCUT2D eigenvalue weighted by molar-refractivity contribution is 5.97. The Kier molecular flexibility index (Phi) is 8.72. The Morgan fingerprint density at radius 1 is 0.929 bits per heavy atom. The highest BCUT2D eigenvalue weighted by atomic mass is 16.5. The first kappa shape index (κ1) is 28.7. The van der Waals surface area contributed by atoms with Gasteiger partial charge in [-0.2, -0.15) is 5.26 Å². The van der Waals surface area contributed by atoms with Crippen LogP contribution in [0.15, 0.2) is 72.8 Å². The van der Waals surface area contributed by atoms with Crippen LogP contribution in [-0.2, 0) is 4.79 Å². The third kappa shape index (κ3) is 6.55. The van der Waals surface area contributed by atoms with Crippen molar-refractivity contribution in [2.45, 2.75) is 24.8 Å². The van der Waals surface area contributed by atoms with E-state index in [0.717, 1.165) is 17.0 Å². The van der Waals surface area contributed by atoms with Crippen molar-refractivity contribution >= 4 is 23.4 Å². The average molecular weight is 566 g/mol. The standard InChI is InChI=1S/C33H35N5O4/c1-36(2)27-12-6-11-26(17-27)33(41)38-20-29-24-9-7-13-28(18-24)42-15-4-3-14-37(22-31(39)35-30(29)21-38)32(40)25-10-5-8-23(16-25)19-34/h5-13,16-18,29-30H,3-4,14-15,20-22H2,1-2H3,(H,35,39)/t29-,30+/m1/s1. The van der Waals surface area contributed by atoms with Crippen LogP contribution in [0.3, 0.4) is 0 Å². The van der Waals surface area contributed by atoms with Crippen LogP contribution >= 0.6 is 0 Å². The summed E-state index contributed by atoms with van der Waals surface area (Å²) in [4.78, 5) is 45.8. The van der Waals surface area contributed by atoms with Gasteiger partial charge in [-0.15, -0.1) is 0 Å². The number of nitrogens with one attached hydrogen (secondary N) is 1. The van der Waals surface area contributed by atoms with Crippen molar-refractivity contribution in [3.63, 3.8) is 0 Å². The van der Waals surface area contributed by atoms with Gasteiger partial charge in [-0.25, -0.2) is 0 Å². The highest BCUT2D eigenvalue weighted by Gasteiger charge is 2.38. The zero-order valence-corrected chi connectivity index (χ0v) is 24.0. The van der Waals surface area contributed by atoms with E-state index in [0.29, 0.717) is 55.8 Å². The van der Waals surface area contributed by atoms with Crippen molar-refractivity contribution in [1.82, 2.24) is 15.1 Å². The molecule has 2 aliphatic heterocycles. The minimum atomic E-state index is -0.351. The Hall–Kier alpha value is -4.84. The predicted octanol–water partition coefficient (Wildman–Crippen LogP) is 3.66. The van der Waals surface area contributed by atoms with Gasteiger partial charge in [-0.05, 0) is 66.9 Å². The van der Waals surface area contributed by atoms with Gasteiger partial charge in [-0.1, -0.05) is 24.3 Å². The van der Waals surface area contributed by atoms with Crippen LogP contribution in [0.1, 0.15) is 50.6 Å². The fourth-order valence-corrected chi connectivity index (χ4v) is 5.57. The molecule has 2 bridgehead atoms. The van der Waals surface area contributed by atoms with E-state index < -0.39 is 0 Å². The van der Waals surface area contributed by atoms with Gasteiger partial charge >= 0.3 is 0 Å². The Balaban J connectivity index is 1.40. The molecule has 9 heteroatoms. The molecular formula is C33H35N5O4. The van der Waals surface area contributed by atoms with Gasteiger partial charge < -0.3 is 24.8 Å².